The lowest BCUT2D eigenvalue weighted by molar-refractivity contribution is -0.329. The Hall–Kier alpha value is -0.360. The Balaban J connectivity index is 5.55. The molecule has 6 heteroatoms. The molecule has 0 aromatic heterocycles. The Kier molecular flexibility index (Phi) is 7.46. The fourth-order valence-corrected chi connectivity index (χ4v) is 2.72. The first kappa shape index (κ1) is 19.6. The standard InChI is InChI=1S/C14H26O4S2/c1-9(2)5-7-13(11(15)16,8-6-10(3)4)14(19,20)12(17)18/h9-10,19-20H,5-8H2,1-4H3,(H,15,16)(H,17,18)/p-2. The molecule has 20 heavy (non-hydrogen) atoms. The van der Waals surface area contributed by atoms with Gasteiger partial charge in [0.25, 0.3) is 0 Å². The highest BCUT2D eigenvalue weighted by molar-refractivity contribution is 8.02. The average Bonchev–Trinajstić information content (AvgIpc) is 2.27. The summed E-state index contributed by atoms with van der Waals surface area (Å²) in [6.45, 7) is 7.78. The minimum absolute atomic E-state index is 0.153. The molecule has 0 fully saturated rings. The summed E-state index contributed by atoms with van der Waals surface area (Å²) < 4.78 is -2.06. The highest BCUT2D eigenvalue weighted by Crippen LogP contribution is 2.48. The maximum atomic E-state index is 11.7. The summed E-state index contributed by atoms with van der Waals surface area (Å²) in [7, 11) is 0. The predicted octanol–water partition coefficient (Wildman–Crippen LogP) is 0.901. The van der Waals surface area contributed by atoms with Crippen LogP contribution in [0.4, 0.5) is 0 Å². The summed E-state index contributed by atoms with van der Waals surface area (Å²) in [5.41, 5.74) is -1.65. The molecule has 0 aliphatic carbocycles. The van der Waals surface area contributed by atoms with E-state index in [1.54, 1.807) is 0 Å². The summed E-state index contributed by atoms with van der Waals surface area (Å²) in [6, 6.07) is 0. The monoisotopic (exact) mass is 320 g/mol. The Labute approximate surface area is 132 Å². The summed E-state index contributed by atoms with van der Waals surface area (Å²) >= 11 is 7.98. The van der Waals surface area contributed by atoms with Gasteiger partial charge < -0.3 is 19.8 Å². The number of rotatable bonds is 9. The van der Waals surface area contributed by atoms with E-state index in [2.05, 4.69) is 25.3 Å². The van der Waals surface area contributed by atoms with Crippen molar-refractivity contribution in [3.8, 4) is 0 Å². The van der Waals surface area contributed by atoms with E-state index in [0.29, 0.717) is 12.8 Å². The van der Waals surface area contributed by atoms with E-state index in [-0.39, 0.29) is 24.7 Å². The number of carboxylic acid groups (broad SMARTS) is 2. The van der Waals surface area contributed by atoms with Gasteiger partial charge in [-0.15, -0.1) is 0 Å². The van der Waals surface area contributed by atoms with E-state index in [4.69, 9.17) is 0 Å². The smallest absolute Gasteiger partial charge is 0.106 e. The largest absolute Gasteiger partial charge is 0.549 e. The van der Waals surface area contributed by atoms with Crippen molar-refractivity contribution in [1.29, 1.82) is 0 Å². The molecule has 0 atom stereocenters. The molecule has 0 aliphatic rings. The molecule has 0 amide bonds. The van der Waals surface area contributed by atoms with Crippen LogP contribution in [0.2, 0.25) is 0 Å². The molecule has 0 aromatic rings. The second-order valence-corrected chi connectivity index (χ2v) is 7.89. The summed E-state index contributed by atoms with van der Waals surface area (Å²) in [4.78, 5) is 23.0. The normalized spacial score (nSPS) is 13.0. The topological polar surface area (TPSA) is 80.3 Å². The highest BCUT2D eigenvalue weighted by atomic mass is 32.2. The Morgan fingerprint density at radius 1 is 0.900 bits per heavy atom. The SMILES string of the molecule is CC(C)CCC(CCC(C)C)(C(=O)[O-])C(S)(S)C(=O)[O-]. The molecule has 118 valence electrons. The second kappa shape index (κ2) is 7.59. The fraction of sp³-hybridized carbons (Fsp3) is 0.857. The van der Waals surface area contributed by atoms with E-state index in [1.165, 1.54) is 0 Å². The highest BCUT2D eigenvalue weighted by Gasteiger charge is 2.48. The number of aliphatic carboxylic acids is 2. The molecule has 0 radical (unpaired) electrons. The van der Waals surface area contributed by atoms with Gasteiger partial charge in [-0.25, -0.2) is 0 Å². The molecular formula is C14H24O4S2-2. The molecule has 0 aliphatic heterocycles. The van der Waals surface area contributed by atoms with Crippen LogP contribution in [0.3, 0.4) is 0 Å². The van der Waals surface area contributed by atoms with Gasteiger partial charge in [0.2, 0.25) is 0 Å². The molecule has 0 heterocycles. The zero-order valence-corrected chi connectivity index (χ0v) is 14.3. The van der Waals surface area contributed by atoms with Crippen molar-refractivity contribution in [2.24, 2.45) is 17.3 Å². The summed E-state index contributed by atoms with van der Waals surface area (Å²) in [5.74, 6) is -2.53. The summed E-state index contributed by atoms with van der Waals surface area (Å²) in [5, 5.41) is 23.0. The first-order chi connectivity index (χ1) is 8.97. The van der Waals surface area contributed by atoms with E-state index in [0.717, 1.165) is 0 Å². The molecular weight excluding hydrogens is 296 g/mol. The lowest BCUT2D eigenvalue weighted by Crippen LogP contribution is -2.60. The molecule has 0 bridgehead atoms. The van der Waals surface area contributed by atoms with Gasteiger partial charge in [0, 0.05) is 5.41 Å². The number of hydrogen-bond donors (Lipinski definition) is 2. The number of carbonyl (C=O) groups is 2. The van der Waals surface area contributed by atoms with Gasteiger partial charge in [-0.2, -0.15) is 25.3 Å². The van der Waals surface area contributed by atoms with Gasteiger partial charge in [-0.3, -0.25) is 0 Å². The van der Waals surface area contributed by atoms with Gasteiger partial charge in [-0.1, -0.05) is 27.7 Å². The van der Waals surface area contributed by atoms with Crippen LogP contribution in [0.1, 0.15) is 53.4 Å². The van der Waals surface area contributed by atoms with Crippen LogP contribution in [-0.2, 0) is 9.59 Å². The van der Waals surface area contributed by atoms with Gasteiger partial charge in [0.05, 0.1) is 11.9 Å². The number of carboxylic acids is 2. The predicted molar refractivity (Wildman–Crippen MR) is 81.3 cm³/mol. The third-order valence-corrected chi connectivity index (χ3v) is 4.86. The average molecular weight is 320 g/mol. The Morgan fingerprint density at radius 2 is 1.25 bits per heavy atom. The Morgan fingerprint density at radius 3 is 1.45 bits per heavy atom. The number of thiol groups is 2. The van der Waals surface area contributed by atoms with Crippen LogP contribution >= 0.6 is 25.3 Å². The maximum Gasteiger partial charge on any atom is 0.106 e. The molecule has 0 aromatic carbocycles. The van der Waals surface area contributed by atoms with Gasteiger partial charge in [0.1, 0.15) is 4.08 Å². The molecule has 0 unspecified atom stereocenters. The van der Waals surface area contributed by atoms with Crippen molar-refractivity contribution in [3.63, 3.8) is 0 Å². The van der Waals surface area contributed by atoms with Crippen molar-refractivity contribution in [2.45, 2.75) is 57.5 Å². The minimum Gasteiger partial charge on any atom is -0.549 e. The van der Waals surface area contributed by atoms with E-state index >= 15 is 0 Å². The molecule has 4 nitrogen and oxygen atoms in total. The third kappa shape index (κ3) is 4.58. The molecule has 0 rings (SSSR count). The lowest BCUT2D eigenvalue weighted by Gasteiger charge is -2.47. The molecule has 0 spiro atoms. The van der Waals surface area contributed by atoms with Gasteiger partial charge in [-0.05, 0) is 37.5 Å². The zero-order valence-electron chi connectivity index (χ0n) is 12.5. The zero-order chi connectivity index (χ0) is 16.1. The quantitative estimate of drug-likeness (QED) is 0.489. The maximum absolute atomic E-state index is 11.7. The van der Waals surface area contributed by atoms with Crippen LogP contribution in [0.25, 0.3) is 0 Å². The molecule has 0 N–H and O–H groups in total. The van der Waals surface area contributed by atoms with Crippen LogP contribution in [-0.4, -0.2) is 16.0 Å². The van der Waals surface area contributed by atoms with Gasteiger partial charge >= 0.3 is 0 Å². The fourth-order valence-electron chi connectivity index (χ4n) is 2.09. The van der Waals surface area contributed by atoms with Crippen molar-refractivity contribution in [3.05, 3.63) is 0 Å². The summed E-state index contributed by atoms with van der Waals surface area (Å²) in [6.07, 6.45) is 1.42. The number of hydrogen-bond acceptors (Lipinski definition) is 6. The van der Waals surface area contributed by atoms with Crippen LogP contribution in [0.5, 0.6) is 0 Å². The van der Waals surface area contributed by atoms with Crippen LogP contribution in [0.15, 0.2) is 0 Å². The van der Waals surface area contributed by atoms with E-state index in [1.807, 2.05) is 27.7 Å². The second-order valence-electron chi connectivity index (χ2n) is 6.19. The van der Waals surface area contributed by atoms with Crippen LogP contribution < -0.4 is 10.2 Å². The lowest BCUT2D eigenvalue weighted by atomic mass is 9.73. The van der Waals surface area contributed by atoms with Crippen molar-refractivity contribution in [2.75, 3.05) is 0 Å². The molecule has 0 saturated carbocycles. The molecule has 0 saturated heterocycles. The van der Waals surface area contributed by atoms with Crippen molar-refractivity contribution >= 4 is 37.2 Å². The van der Waals surface area contributed by atoms with Crippen LogP contribution in [0, 0.1) is 17.3 Å². The van der Waals surface area contributed by atoms with Gasteiger partial charge in [0.15, 0.2) is 0 Å². The minimum atomic E-state index is -2.06. The van der Waals surface area contributed by atoms with Crippen molar-refractivity contribution in [1.82, 2.24) is 0 Å². The van der Waals surface area contributed by atoms with Crippen molar-refractivity contribution < 1.29 is 19.8 Å². The third-order valence-electron chi connectivity index (χ3n) is 3.64. The number of carbonyl (C=O) groups excluding carboxylic acids is 2. The first-order valence-electron chi connectivity index (χ1n) is 6.85. The first-order valence-corrected chi connectivity index (χ1v) is 7.74. The Bertz CT molecular complexity index is 339. The van der Waals surface area contributed by atoms with E-state index in [9.17, 15) is 19.8 Å². The van der Waals surface area contributed by atoms with E-state index < -0.39 is 21.4 Å².